The van der Waals surface area contributed by atoms with Crippen LogP contribution in [0.4, 0.5) is 11.4 Å². The molecule has 3 aromatic rings. The number of carbonyl (C=O) groups excluding carboxylic acids is 2. The van der Waals surface area contributed by atoms with E-state index in [1.807, 2.05) is 37.3 Å². The van der Waals surface area contributed by atoms with Crippen LogP contribution in [-0.2, 0) is 4.79 Å². The summed E-state index contributed by atoms with van der Waals surface area (Å²) in [5.41, 5.74) is 2.46. The molecule has 27 heavy (non-hydrogen) atoms. The standard InChI is InChI=1S/C21H19N3O3/c1-14-18(23-15(2)25)9-6-10-19(14)24-21(26)16-11-12-20(22-13-16)27-17-7-4-3-5-8-17/h3-13H,1-2H3,(H,23,25)(H,24,26). The van der Waals surface area contributed by atoms with Crippen LogP contribution in [-0.4, -0.2) is 16.8 Å². The Bertz CT molecular complexity index is 954. The molecule has 0 saturated heterocycles. The van der Waals surface area contributed by atoms with E-state index in [2.05, 4.69) is 15.6 Å². The minimum Gasteiger partial charge on any atom is -0.439 e. The molecule has 0 aliphatic carbocycles. The molecular formula is C21H19N3O3. The second-order valence-corrected chi connectivity index (χ2v) is 5.91. The van der Waals surface area contributed by atoms with E-state index in [0.29, 0.717) is 28.6 Å². The third kappa shape index (κ3) is 4.70. The number of amides is 2. The molecule has 0 bridgehead atoms. The highest BCUT2D eigenvalue weighted by Gasteiger charge is 2.11. The zero-order chi connectivity index (χ0) is 19.2. The van der Waals surface area contributed by atoms with Crippen molar-refractivity contribution < 1.29 is 14.3 Å². The normalized spacial score (nSPS) is 10.1. The zero-order valence-electron chi connectivity index (χ0n) is 15.0. The van der Waals surface area contributed by atoms with Gasteiger partial charge in [0.05, 0.1) is 5.56 Å². The third-order valence-corrected chi connectivity index (χ3v) is 3.86. The Labute approximate surface area is 157 Å². The van der Waals surface area contributed by atoms with Gasteiger partial charge in [0.2, 0.25) is 11.8 Å². The lowest BCUT2D eigenvalue weighted by molar-refractivity contribution is -0.114. The number of hydrogen-bond donors (Lipinski definition) is 2. The zero-order valence-corrected chi connectivity index (χ0v) is 15.0. The van der Waals surface area contributed by atoms with E-state index in [1.165, 1.54) is 13.1 Å². The van der Waals surface area contributed by atoms with Gasteiger partial charge in [-0.25, -0.2) is 4.98 Å². The lowest BCUT2D eigenvalue weighted by atomic mass is 10.1. The minimum atomic E-state index is -0.295. The Kier molecular flexibility index (Phi) is 5.47. The van der Waals surface area contributed by atoms with Gasteiger partial charge in [-0.15, -0.1) is 0 Å². The van der Waals surface area contributed by atoms with Crippen molar-refractivity contribution in [2.24, 2.45) is 0 Å². The van der Waals surface area contributed by atoms with Crippen LogP contribution in [0.3, 0.4) is 0 Å². The smallest absolute Gasteiger partial charge is 0.257 e. The first-order valence-electron chi connectivity index (χ1n) is 8.40. The van der Waals surface area contributed by atoms with Gasteiger partial charge in [-0.1, -0.05) is 24.3 Å². The van der Waals surface area contributed by atoms with Gasteiger partial charge in [0.25, 0.3) is 5.91 Å². The number of anilines is 2. The highest BCUT2D eigenvalue weighted by atomic mass is 16.5. The fourth-order valence-electron chi connectivity index (χ4n) is 2.47. The Morgan fingerprint density at radius 2 is 1.59 bits per heavy atom. The predicted octanol–water partition coefficient (Wildman–Crippen LogP) is 4.39. The summed E-state index contributed by atoms with van der Waals surface area (Å²) < 4.78 is 5.62. The van der Waals surface area contributed by atoms with Gasteiger partial charge in [-0.3, -0.25) is 9.59 Å². The number of aromatic nitrogens is 1. The van der Waals surface area contributed by atoms with Crippen molar-refractivity contribution in [2.75, 3.05) is 10.6 Å². The number of carbonyl (C=O) groups is 2. The van der Waals surface area contributed by atoms with E-state index < -0.39 is 0 Å². The van der Waals surface area contributed by atoms with Crippen LogP contribution < -0.4 is 15.4 Å². The monoisotopic (exact) mass is 361 g/mol. The molecular weight excluding hydrogens is 342 g/mol. The predicted molar refractivity (Wildman–Crippen MR) is 104 cm³/mol. The van der Waals surface area contributed by atoms with Crippen LogP contribution in [0.15, 0.2) is 66.9 Å². The molecule has 0 saturated carbocycles. The molecule has 0 atom stereocenters. The first-order valence-corrected chi connectivity index (χ1v) is 8.40. The van der Waals surface area contributed by atoms with Crippen LogP contribution in [0, 0.1) is 6.92 Å². The number of hydrogen-bond acceptors (Lipinski definition) is 4. The molecule has 3 rings (SSSR count). The molecule has 2 N–H and O–H groups in total. The van der Waals surface area contributed by atoms with Crippen LogP contribution in [0.2, 0.25) is 0 Å². The summed E-state index contributed by atoms with van der Waals surface area (Å²) in [7, 11) is 0. The van der Waals surface area contributed by atoms with E-state index >= 15 is 0 Å². The van der Waals surface area contributed by atoms with E-state index in [1.54, 1.807) is 30.3 Å². The molecule has 0 spiro atoms. The van der Waals surface area contributed by atoms with Crippen LogP contribution in [0.5, 0.6) is 11.6 Å². The Morgan fingerprint density at radius 3 is 2.22 bits per heavy atom. The molecule has 0 fully saturated rings. The number of para-hydroxylation sites is 1. The van der Waals surface area contributed by atoms with Crippen molar-refractivity contribution in [3.8, 4) is 11.6 Å². The summed E-state index contributed by atoms with van der Waals surface area (Å²) >= 11 is 0. The summed E-state index contributed by atoms with van der Waals surface area (Å²) in [6.45, 7) is 3.27. The quantitative estimate of drug-likeness (QED) is 0.706. The molecule has 6 nitrogen and oxygen atoms in total. The van der Waals surface area contributed by atoms with E-state index in [9.17, 15) is 9.59 Å². The number of rotatable bonds is 5. The number of benzene rings is 2. The molecule has 0 radical (unpaired) electrons. The maximum atomic E-state index is 12.5. The number of nitrogens with one attached hydrogen (secondary N) is 2. The van der Waals surface area contributed by atoms with Crippen molar-refractivity contribution in [3.05, 3.63) is 78.0 Å². The highest BCUT2D eigenvalue weighted by Crippen LogP contribution is 2.24. The fraction of sp³-hybridized carbons (Fsp3) is 0.0952. The van der Waals surface area contributed by atoms with Gasteiger partial charge in [0, 0.05) is 30.6 Å². The molecule has 0 aliphatic heterocycles. The second kappa shape index (κ2) is 8.14. The van der Waals surface area contributed by atoms with Crippen molar-refractivity contribution in [1.29, 1.82) is 0 Å². The summed E-state index contributed by atoms with van der Waals surface area (Å²) in [6.07, 6.45) is 1.46. The van der Waals surface area contributed by atoms with Gasteiger partial charge < -0.3 is 15.4 Å². The number of pyridine rings is 1. The lowest BCUT2D eigenvalue weighted by Crippen LogP contribution is -2.14. The van der Waals surface area contributed by atoms with Crippen molar-refractivity contribution in [3.63, 3.8) is 0 Å². The van der Waals surface area contributed by atoms with Crippen LogP contribution in [0.1, 0.15) is 22.8 Å². The molecule has 1 aromatic heterocycles. The van der Waals surface area contributed by atoms with E-state index in [0.717, 1.165) is 5.56 Å². The minimum absolute atomic E-state index is 0.167. The molecule has 0 aliphatic rings. The highest BCUT2D eigenvalue weighted by molar-refractivity contribution is 6.05. The Hall–Kier alpha value is -3.67. The molecule has 1 heterocycles. The topological polar surface area (TPSA) is 80.3 Å². The largest absolute Gasteiger partial charge is 0.439 e. The first kappa shape index (κ1) is 18.1. The fourth-order valence-corrected chi connectivity index (χ4v) is 2.47. The van der Waals surface area contributed by atoms with Gasteiger partial charge >= 0.3 is 0 Å². The van der Waals surface area contributed by atoms with Crippen molar-refractivity contribution in [2.45, 2.75) is 13.8 Å². The Balaban J connectivity index is 1.70. The lowest BCUT2D eigenvalue weighted by Gasteiger charge is -2.13. The number of ether oxygens (including phenoxy) is 1. The van der Waals surface area contributed by atoms with E-state index in [4.69, 9.17) is 4.74 Å². The van der Waals surface area contributed by atoms with Crippen molar-refractivity contribution in [1.82, 2.24) is 4.98 Å². The second-order valence-electron chi connectivity index (χ2n) is 5.91. The molecule has 136 valence electrons. The van der Waals surface area contributed by atoms with Crippen LogP contribution in [0.25, 0.3) is 0 Å². The SMILES string of the molecule is CC(=O)Nc1cccc(NC(=O)c2ccc(Oc3ccccc3)nc2)c1C. The first-order chi connectivity index (χ1) is 13.0. The maximum absolute atomic E-state index is 12.5. The molecule has 2 aromatic carbocycles. The maximum Gasteiger partial charge on any atom is 0.257 e. The van der Waals surface area contributed by atoms with Gasteiger partial charge in [-0.2, -0.15) is 0 Å². The third-order valence-electron chi connectivity index (χ3n) is 3.86. The van der Waals surface area contributed by atoms with Gasteiger partial charge in [0.1, 0.15) is 5.75 Å². The number of nitrogens with zero attached hydrogens (tertiary/aromatic N) is 1. The van der Waals surface area contributed by atoms with Gasteiger partial charge in [-0.05, 0) is 42.8 Å². The van der Waals surface area contributed by atoms with E-state index in [-0.39, 0.29) is 11.8 Å². The Morgan fingerprint density at radius 1 is 0.889 bits per heavy atom. The summed E-state index contributed by atoms with van der Waals surface area (Å²) in [5, 5.41) is 5.58. The summed E-state index contributed by atoms with van der Waals surface area (Å²) in [4.78, 5) is 27.9. The average molecular weight is 361 g/mol. The summed E-state index contributed by atoms with van der Waals surface area (Å²) in [6, 6.07) is 17.9. The average Bonchev–Trinajstić information content (AvgIpc) is 2.66. The van der Waals surface area contributed by atoms with Crippen molar-refractivity contribution >= 4 is 23.2 Å². The van der Waals surface area contributed by atoms with Crippen LogP contribution >= 0.6 is 0 Å². The molecule has 0 unspecified atom stereocenters. The summed E-state index contributed by atoms with van der Waals surface area (Å²) in [5.74, 6) is 0.616. The van der Waals surface area contributed by atoms with Gasteiger partial charge in [0.15, 0.2) is 0 Å². The molecule has 6 heteroatoms. The molecule has 2 amide bonds.